The second-order valence-electron chi connectivity index (χ2n) is 34.4. The molecule has 4 aliphatic rings. The van der Waals surface area contributed by atoms with Crippen LogP contribution in [0.4, 0.5) is 34.1 Å². The van der Waals surface area contributed by atoms with Gasteiger partial charge >= 0.3 is 0 Å². The molecule has 0 radical (unpaired) electrons. The molecule has 24 rings (SSSR count). The maximum absolute atomic E-state index is 8.40. The molecule has 0 saturated heterocycles. The zero-order chi connectivity index (χ0) is 83.0. The lowest BCUT2D eigenvalue weighted by Crippen LogP contribution is -2.65. The van der Waals surface area contributed by atoms with Gasteiger partial charge in [-0.05, 0) is 176 Å². The van der Waals surface area contributed by atoms with E-state index < -0.39 is 18.8 Å². The van der Waals surface area contributed by atoms with Crippen molar-refractivity contribution in [1.82, 2.24) is 4.57 Å². The van der Waals surface area contributed by atoms with Crippen LogP contribution in [0.2, 0.25) is 0 Å². The van der Waals surface area contributed by atoms with Gasteiger partial charge in [-0.3, -0.25) is 0 Å². The van der Waals surface area contributed by atoms with E-state index >= 15 is 0 Å². The van der Waals surface area contributed by atoms with E-state index in [4.69, 9.17) is 9.47 Å². The SMILES string of the molecule is CC(C)(C)c1cc2c3c(c1)N(c1c(-c4ccccc4)cccc1-c1ccccc1)c1cc4c5c(c1B3c1ccc(-c3ccccc3)cc1N2c1c(-c2ccc(-c3ccccc3)cc2)cccc1-c1ccc(-c2ccccc2)cc1)Oc1ccc(-c2ccccc2)cc1B5c1cc(-c2ccccc2)cc(-c2cccc3c2c2ccccc2n3-c2ccccc2)c1O4. The molecule has 5 nitrogen and oxygen atoms in total. The van der Waals surface area contributed by atoms with Crippen LogP contribution in [0.3, 0.4) is 0 Å². The van der Waals surface area contributed by atoms with E-state index in [0.29, 0.717) is 0 Å². The highest BCUT2D eigenvalue weighted by molar-refractivity contribution is 7.03. The number of hydrogen-bond acceptors (Lipinski definition) is 4. The monoisotopic (exact) mass is 1590 g/mol. The van der Waals surface area contributed by atoms with E-state index in [1.54, 1.807) is 0 Å². The van der Waals surface area contributed by atoms with Gasteiger partial charge in [0.05, 0.1) is 22.4 Å². The van der Waals surface area contributed by atoms with E-state index in [-0.39, 0.29) is 0 Å². The molecule has 20 aromatic rings. The number of ether oxygens (including phenoxy) is 2. The Morgan fingerprint density at radius 2 is 0.616 bits per heavy atom. The van der Waals surface area contributed by atoms with Crippen LogP contribution in [0.1, 0.15) is 26.3 Å². The first-order valence-corrected chi connectivity index (χ1v) is 43.4. The molecule has 4 aliphatic heterocycles. The van der Waals surface area contributed by atoms with Crippen molar-refractivity contribution in [2.75, 3.05) is 9.80 Å². The average molecular weight is 1590 g/mol. The number of hydrogen-bond donors (Lipinski definition) is 0. The van der Waals surface area contributed by atoms with Gasteiger partial charge in [0.1, 0.15) is 23.0 Å². The Hall–Kier alpha value is -15.7. The van der Waals surface area contributed by atoms with Gasteiger partial charge in [0, 0.05) is 78.6 Å². The Labute approximate surface area is 729 Å². The second-order valence-corrected chi connectivity index (χ2v) is 34.4. The van der Waals surface area contributed by atoms with Crippen LogP contribution >= 0.6 is 0 Å². The lowest BCUT2D eigenvalue weighted by atomic mass is 9.30. The lowest BCUT2D eigenvalue weighted by molar-refractivity contribution is 0.468. The minimum atomic E-state index is -0.468. The van der Waals surface area contributed by atoms with Gasteiger partial charge in [0.15, 0.2) is 0 Å². The van der Waals surface area contributed by atoms with Crippen molar-refractivity contribution >= 4 is 102 Å². The van der Waals surface area contributed by atoms with Gasteiger partial charge in [0.2, 0.25) is 0 Å². The van der Waals surface area contributed by atoms with Gasteiger partial charge in [-0.2, -0.15) is 0 Å². The standard InChI is InChI=1S/C118H81B2N3O2/c1-118(2,3)90-73-105-111-106(74-90)123(115-92(83-43-22-9-23-44-83)50-30-51-93(115)84-45-24-10-25-46-84)107-75-109-113-117(112(107)120(111)99-67-65-88(79-39-18-7-19-40-79)72-104(99)122(105)114-94(85-61-57-81(58-62-85)76-33-12-4-13-34-76)52-31-53-95(114)86-63-59-82(60-64-86)77-35-14-5-15-36-77)124-108-68-66-87(78-37-16-6-17-38-78)70-100(108)119(113)101-71-89(80-41-20-8-21-42-80)69-98(116(101)125-109)96-54-32-56-103-110(96)97-49-28-29-55-102(97)121(103)91-47-26-11-27-48-91/h4-75H,1-3H3. The molecule has 0 fully saturated rings. The summed E-state index contributed by atoms with van der Waals surface area (Å²) >= 11 is 0. The first-order valence-electron chi connectivity index (χ1n) is 43.4. The number of para-hydroxylation sites is 4. The summed E-state index contributed by atoms with van der Waals surface area (Å²) in [5.74, 6) is 3.10. The summed E-state index contributed by atoms with van der Waals surface area (Å²) in [6.07, 6.45) is 0. The number of nitrogens with zero attached hydrogens (tertiary/aromatic N) is 3. The maximum atomic E-state index is 8.40. The summed E-state index contributed by atoms with van der Waals surface area (Å²) in [5.41, 5.74) is 38.9. The Morgan fingerprint density at radius 1 is 0.232 bits per heavy atom. The molecule has 0 N–H and O–H groups in total. The number of benzene rings is 19. The lowest BCUT2D eigenvalue weighted by Gasteiger charge is -2.48. The van der Waals surface area contributed by atoms with Crippen LogP contribution in [-0.2, 0) is 5.41 Å². The van der Waals surface area contributed by atoms with Crippen LogP contribution in [-0.4, -0.2) is 18.0 Å². The smallest absolute Gasteiger partial charge is 0.260 e. The number of aromatic nitrogens is 1. The van der Waals surface area contributed by atoms with E-state index in [1.165, 1.54) is 16.7 Å². The van der Waals surface area contributed by atoms with Crippen molar-refractivity contribution in [1.29, 1.82) is 0 Å². The van der Waals surface area contributed by atoms with Crippen LogP contribution in [0.25, 0.3) is 139 Å². The largest absolute Gasteiger partial charge is 0.459 e. The van der Waals surface area contributed by atoms with Crippen molar-refractivity contribution in [2.24, 2.45) is 0 Å². The summed E-state index contributed by atoms with van der Waals surface area (Å²) in [4.78, 5) is 5.35. The van der Waals surface area contributed by atoms with E-state index in [0.717, 1.165) is 218 Å². The first kappa shape index (κ1) is 73.3. The maximum Gasteiger partial charge on any atom is 0.260 e. The normalized spacial score (nSPS) is 12.7. The summed E-state index contributed by atoms with van der Waals surface area (Å²) in [5, 5.41) is 2.30. The van der Waals surface area contributed by atoms with Gasteiger partial charge < -0.3 is 23.8 Å². The van der Waals surface area contributed by atoms with E-state index in [9.17, 15) is 0 Å². The molecule has 7 heteroatoms. The highest BCUT2D eigenvalue weighted by atomic mass is 16.5. The molecule has 0 saturated carbocycles. The summed E-state index contributed by atoms with van der Waals surface area (Å²) in [7, 11) is 0. The molecule has 0 unspecified atom stereocenters. The molecule has 0 aliphatic carbocycles. The third-order valence-electron chi connectivity index (χ3n) is 26.3. The molecule has 0 atom stereocenters. The third kappa shape index (κ3) is 12.2. The fourth-order valence-corrected chi connectivity index (χ4v) is 20.4. The zero-order valence-electron chi connectivity index (χ0n) is 69.4. The number of fused-ring (bicyclic) bond motifs is 12. The molecule has 125 heavy (non-hydrogen) atoms. The van der Waals surface area contributed by atoms with Gasteiger partial charge in [0.25, 0.3) is 13.4 Å². The minimum Gasteiger partial charge on any atom is -0.459 e. The minimum absolute atomic E-state index is 0.409. The zero-order valence-corrected chi connectivity index (χ0v) is 69.4. The van der Waals surface area contributed by atoms with Gasteiger partial charge in [-0.15, -0.1) is 0 Å². The quantitative estimate of drug-likeness (QED) is 0.108. The van der Waals surface area contributed by atoms with Crippen LogP contribution in [0.5, 0.6) is 23.0 Å². The molecule has 0 bridgehead atoms. The topological polar surface area (TPSA) is 29.9 Å². The third-order valence-corrected chi connectivity index (χ3v) is 26.3. The summed E-state index contributed by atoms with van der Waals surface area (Å²) < 4.78 is 19.2. The van der Waals surface area contributed by atoms with Crippen molar-refractivity contribution in [3.8, 4) is 140 Å². The Morgan fingerprint density at radius 3 is 1.14 bits per heavy atom. The average Bonchev–Trinajstić information content (AvgIpc) is 0.805. The molecule has 586 valence electrons. The van der Waals surface area contributed by atoms with Crippen LogP contribution < -0.4 is 52.1 Å². The van der Waals surface area contributed by atoms with Gasteiger partial charge in [-0.25, -0.2) is 0 Å². The second kappa shape index (κ2) is 29.6. The van der Waals surface area contributed by atoms with Crippen molar-refractivity contribution < 1.29 is 9.47 Å². The summed E-state index contributed by atoms with van der Waals surface area (Å²) in [6, 6.07) is 162. The number of anilines is 6. The van der Waals surface area contributed by atoms with Crippen molar-refractivity contribution in [2.45, 2.75) is 26.2 Å². The molecule has 19 aromatic carbocycles. The molecule has 1 aromatic heterocycles. The molecule has 0 spiro atoms. The predicted molar refractivity (Wildman–Crippen MR) is 526 cm³/mol. The highest BCUT2D eigenvalue weighted by Gasteiger charge is 2.52. The summed E-state index contributed by atoms with van der Waals surface area (Å²) in [6.45, 7) is 6.24. The fraction of sp³-hybridized carbons (Fsp3) is 0.0339. The van der Waals surface area contributed by atoms with E-state index in [1.807, 2.05) is 0 Å². The predicted octanol–water partition coefficient (Wildman–Crippen LogP) is 27.6. The number of rotatable bonds is 13. The molecule has 0 amide bonds. The van der Waals surface area contributed by atoms with Gasteiger partial charge in [-0.1, -0.05) is 397 Å². The van der Waals surface area contributed by atoms with Crippen LogP contribution in [0, 0.1) is 0 Å². The van der Waals surface area contributed by atoms with Crippen LogP contribution in [0.15, 0.2) is 437 Å². The fourth-order valence-electron chi connectivity index (χ4n) is 20.4. The molecular weight excluding hydrogens is 1510 g/mol. The molecule has 5 heterocycles. The van der Waals surface area contributed by atoms with Crippen molar-refractivity contribution in [3.63, 3.8) is 0 Å². The van der Waals surface area contributed by atoms with Crippen molar-refractivity contribution in [3.05, 3.63) is 442 Å². The Balaban J connectivity index is 0.845. The van der Waals surface area contributed by atoms with E-state index in [2.05, 4.69) is 472 Å². The Bertz CT molecular complexity index is 7490. The highest BCUT2D eigenvalue weighted by Crippen LogP contribution is 2.57. The Kier molecular flexibility index (Phi) is 17.3. The molecular formula is C118H81B2N3O2. The first-order chi connectivity index (χ1) is 61.7.